The van der Waals surface area contributed by atoms with Crippen LogP contribution in [0.3, 0.4) is 0 Å². The van der Waals surface area contributed by atoms with Gasteiger partial charge in [0.05, 0.1) is 18.3 Å². The Morgan fingerprint density at radius 2 is 1.86 bits per heavy atom. The number of aryl methyl sites for hydroxylation is 1. The highest BCUT2D eigenvalue weighted by molar-refractivity contribution is 6.00. The van der Waals surface area contributed by atoms with E-state index in [1.807, 2.05) is 54.4 Å². The van der Waals surface area contributed by atoms with Crippen molar-refractivity contribution in [2.24, 2.45) is 30.4 Å². The largest absolute Gasteiger partial charge is 0.494 e. The number of nitrogens with two attached hydrogens (primary N) is 2. The van der Waals surface area contributed by atoms with E-state index >= 15 is 0 Å². The molecule has 0 spiro atoms. The molecule has 8 rings (SSSR count). The second-order valence-corrected chi connectivity index (χ2v) is 12.7. The fraction of sp³-hybridized carbons (Fsp3) is 0.382. The molecule has 10 heteroatoms. The number of hydrogen-bond acceptors (Lipinski definition) is 7. The highest BCUT2D eigenvalue weighted by Crippen LogP contribution is 2.40. The number of carbonyl (C=O) groups excluding carboxylic acids is 1. The molecule has 1 saturated heterocycles. The van der Waals surface area contributed by atoms with Crippen LogP contribution in [0.2, 0.25) is 0 Å². The summed E-state index contributed by atoms with van der Waals surface area (Å²) in [5.74, 6) is 3.26. The first-order chi connectivity index (χ1) is 21.4. The summed E-state index contributed by atoms with van der Waals surface area (Å²) in [6.07, 6.45) is 4.51. The fourth-order valence-corrected chi connectivity index (χ4v) is 7.26. The van der Waals surface area contributed by atoms with Crippen LogP contribution in [0, 0.1) is 11.8 Å². The Bertz CT molecular complexity index is 1900. The predicted octanol–water partition coefficient (Wildman–Crippen LogP) is 4.77. The molecule has 5 aromatic rings. The number of piperidine rings is 1. The highest BCUT2D eigenvalue weighted by atomic mass is 16.5. The van der Waals surface area contributed by atoms with Gasteiger partial charge in [0.1, 0.15) is 22.7 Å². The fourth-order valence-electron chi connectivity index (χ4n) is 7.26. The van der Waals surface area contributed by atoms with Gasteiger partial charge in [-0.2, -0.15) is 0 Å². The smallest absolute Gasteiger partial charge is 0.254 e. The Labute approximate surface area is 256 Å². The van der Waals surface area contributed by atoms with E-state index < -0.39 is 0 Å². The van der Waals surface area contributed by atoms with E-state index in [4.69, 9.17) is 26.2 Å². The SMILES string of the molecule is COc1cc(C(=O)N2CC3CCC2[C@@H]3N)cc2nc(-c3cc4ccc(Nc5ccc(CN)cc5)nc4n3CC3CC3)n(C)c12. The number of nitrogens with one attached hydrogen (secondary N) is 1. The van der Waals surface area contributed by atoms with E-state index in [0.29, 0.717) is 29.7 Å². The summed E-state index contributed by atoms with van der Waals surface area (Å²) in [5.41, 5.74) is 18.3. The first-order valence-electron chi connectivity index (χ1n) is 15.6. The molecule has 0 radical (unpaired) electrons. The summed E-state index contributed by atoms with van der Waals surface area (Å²) in [5, 5.41) is 4.50. The van der Waals surface area contributed by atoms with Crippen molar-refractivity contribution >= 4 is 39.5 Å². The van der Waals surface area contributed by atoms with Gasteiger partial charge in [-0.1, -0.05) is 12.1 Å². The number of carbonyl (C=O) groups is 1. The monoisotopic (exact) mass is 590 g/mol. The maximum Gasteiger partial charge on any atom is 0.254 e. The van der Waals surface area contributed by atoms with E-state index in [0.717, 1.165) is 76.6 Å². The van der Waals surface area contributed by atoms with Gasteiger partial charge in [0, 0.05) is 55.4 Å². The Morgan fingerprint density at radius 1 is 1.05 bits per heavy atom. The number of imidazole rings is 1. The number of likely N-dealkylation sites (tertiary alicyclic amines) is 1. The number of fused-ring (bicyclic) bond motifs is 4. The quantitative estimate of drug-likeness (QED) is 0.237. The number of rotatable bonds is 8. The zero-order valence-corrected chi connectivity index (χ0v) is 25.2. The zero-order chi connectivity index (χ0) is 30.1. The van der Waals surface area contributed by atoms with Crippen molar-refractivity contribution in [1.82, 2.24) is 24.0 Å². The first kappa shape index (κ1) is 27.2. The molecule has 1 amide bonds. The van der Waals surface area contributed by atoms with Gasteiger partial charge >= 0.3 is 0 Å². The van der Waals surface area contributed by atoms with Crippen molar-refractivity contribution in [3.05, 3.63) is 65.7 Å². The van der Waals surface area contributed by atoms with Crippen molar-refractivity contribution in [3.63, 3.8) is 0 Å². The average Bonchev–Trinajstić information content (AvgIpc) is 3.45. The zero-order valence-electron chi connectivity index (χ0n) is 25.2. The number of hydrogen-bond donors (Lipinski definition) is 3. The van der Waals surface area contributed by atoms with E-state index in [-0.39, 0.29) is 18.0 Å². The maximum absolute atomic E-state index is 13.7. The third-order valence-electron chi connectivity index (χ3n) is 9.89. The van der Waals surface area contributed by atoms with Crippen molar-refractivity contribution in [3.8, 4) is 17.3 Å². The second-order valence-electron chi connectivity index (χ2n) is 12.7. The van der Waals surface area contributed by atoms with Gasteiger partial charge in [0.25, 0.3) is 5.91 Å². The highest BCUT2D eigenvalue weighted by Gasteiger charge is 2.47. The summed E-state index contributed by atoms with van der Waals surface area (Å²) >= 11 is 0. The van der Waals surface area contributed by atoms with Crippen LogP contribution in [0.5, 0.6) is 5.75 Å². The van der Waals surface area contributed by atoms with Gasteiger partial charge in [0.15, 0.2) is 5.82 Å². The summed E-state index contributed by atoms with van der Waals surface area (Å²) in [4.78, 5) is 25.9. The average molecular weight is 591 g/mol. The van der Waals surface area contributed by atoms with E-state index in [2.05, 4.69) is 26.6 Å². The predicted molar refractivity (Wildman–Crippen MR) is 172 cm³/mol. The lowest BCUT2D eigenvalue weighted by Crippen LogP contribution is -2.41. The molecule has 3 fully saturated rings. The second kappa shape index (κ2) is 10.3. The van der Waals surface area contributed by atoms with Gasteiger partial charge in [-0.25, -0.2) is 9.97 Å². The lowest BCUT2D eigenvalue weighted by molar-refractivity contribution is 0.0700. The van der Waals surface area contributed by atoms with Gasteiger partial charge < -0.3 is 35.6 Å². The topological polar surface area (TPSA) is 129 Å². The molecular weight excluding hydrogens is 552 g/mol. The van der Waals surface area contributed by atoms with Gasteiger partial charge in [-0.15, -0.1) is 0 Å². The number of nitrogens with zero attached hydrogens (tertiary/aromatic N) is 5. The lowest BCUT2D eigenvalue weighted by Gasteiger charge is -2.27. The molecule has 44 heavy (non-hydrogen) atoms. The van der Waals surface area contributed by atoms with Gasteiger partial charge in [-0.05, 0) is 85.5 Å². The minimum atomic E-state index is 0.00444. The molecule has 3 atom stereocenters. The lowest BCUT2D eigenvalue weighted by atomic mass is 10.1. The standard InChI is InChI=1S/C34H38N8O2/c1-40-31-25(13-23(15-28(31)44-2)34(43)42-18-22-7-11-26(42)30(22)36)38-33(40)27-14-21-8-12-29(37-24-9-5-19(16-35)6-10-24)39-32(21)41(27)17-20-3-4-20/h5-6,8-10,12-15,20,22,26,30H,3-4,7,11,16-18,35-36H2,1-2H3,(H,37,39)/t22?,26?,30-/m1/s1. The Balaban J connectivity index is 1.19. The van der Waals surface area contributed by atoms with Crippen molar-refractivity contribution in [2.75, 3.05) is 19.0 Å². The molecule has 5 N–H and O–H groups in total. The molecule has 2 unspecified atom stereocenters. The van der Waals surface area contributed by atoms with E-state index in [1.165, 1.54) is 12.8 Å². The molecule has 2 aliphatic carbocycles. The molecule has 10 nitrogen and oxygen atoms in total. The van der Waals surface area contributed by atoms with Gasteiger partial charge in [-0.3, -0.25) is 4.79 Å². The molecule has 2 aromatic carbocycles. The van der Waals surface area contributed by atoms with Crippen LogP contribution in [0.4, 0.5) is 11.5 Å². The molecular formula is C34H38N8O2. The van der Waals surface area contributed by atoms with Crippen molar-refractivity contribution < 1.29 is 9.53 Å². The van der Waals surface area contributed by atoms with Gasteiger partial charge in [0.2, 0.25) is 0 Å². The third kappa shape index (κ3) is 4.43. The first-order valence-corrected chi connectivity index (χ1v) is 15.6. The summed E-state index contributed by atoms with van der Waals surface area (Å²) in [7, 11) is 3.66. The summed E-state index contributed by atoms with van der Waals surface area (Å²) in [6.45, 7) is 2.12. The number of anilines is 2. The minimum Gasteiger partial charge on any atom is -0.494 e. The summed E-state index contributed by atoms with van der Waals surface area (Å²) in [6, 6.07) is 18.3. The van der Waals surface area contributed by atoms with Crippen molar-refractivity contribution in [1.29, 1.82) is 0 Å². The van der Waals surface area contributed by atoms with Crippen LogP contribution in [-0.4, -0.2) is 55.6 Å². The molecule has 4 heterocycles. The number of pyridine rings is 1. The number of amides is 1. The van der Waals surface area contributed by atoms with Crippen LogP contribution < -0.4 is 21.5 Å². The Hall–Kier alpha value is -4.41. The molecule has 2 bridgehead atoms. The number of ether oxygens (including phenoxy) is 1. The molecule has 2 saturated carbocycles. The Kier molecular flexibility index (Phi) is 6.39. The van der Waals surface area contributed by atoms with Crippen LogP contribution >= 0.6 is 0 Å². The minimum absolute atomic E-state index is 0.00444. The molecule has 1 aliphatic heterocycles. The molecule has 226 valence electrons. The van der Waals surface area contributed by atoms with Crippen LogP contribution in [0.25, 0.3) is 33.6 Å². The normalized spacial score (nSPS) is 21.1. The number of aromatic nitrogens is 4. The van der Waals surface area contributed by atoms with E-state index in [9.17, 15) is 4.79 Å². The number of methoxy groups -OCH3 is 1. The Morgan fingerprint density at radius 3 is 2.55 bits per heavy atom. The molecule has 3 aromatic heterocycles. The maximum atomic E-state index is 13.7. The van der Waals surface area contributed by atoms with E-state index in [1.54, 1.807) is 7.11 Å². The number of benzene rings is 2. The van der Waals surface area contributed by atoms with Crippen molar-refractivity contribution in [2.45, 2.75) is 50.9 Å². The van der Waals surface area contributed by atoms with Crippen LogP contribution in [0.15, 0.2) is 54.6 Å². The third-order valence-corrected chi connectivity index (χ3v) is 9.89. The summed E-state index contributed by atoms with van der Waals surface area (Å²) < 4.78 is 10.2. The van der Waals surface area contributed by atoms with Crippen LogP contribution in [0.1, 0.15) is 41.6 Å². The van der Waals surface area contributed by atoms with Crippen LogP contribution in [-0.2, 0) is 20.1 Å². The molecule has 3 aliphatic rings.